The average Bonchev–Trinajstić information content (AvgIpc) is 3.42. The molecule has 0 bridgehead atoms. The summed E-state index contributed by atoms with van der Waals surface area (Å²) in [7, 11) is 0. The summed E-state index contributed by atoms with van der Waals surface area (Å²) in [6.45, 7) is 1.47. The number of anilines is 1. The molecule has 1 aliphatic carbocycles. The minimum absolute atomic E-state index is 0.149. The number of carbonyl (C=O) groups is 3. The van der Waals surface area contributed by atoms with E-state index in [9.17, 15) is 14.4 Å². The largest absolute Gasteiger partial charge is 0.349 e. The molecule has 3 heterocycles. The van der Waals surface area contributed by atoms with Gasteiger partial charge in [0.2, 0.25) is 17.7 Å². The summed E-state index contributed by atoms with van der Waals surface area (Å²) >= 11 is 0. The van der Waals surface area contributed by atoms with Crippen LogP contribution in [0.2, 0.25) is 0 Å². The standard InChI is InChI=1S/C21H23N5O6/c1-12-22-19(32-24-12)10-26-20(28)14-7-16-17(31-11-30-16)8-15(14)25(21(26)29)9-18(27)23-13-5-3-2-4-6-13/h2-6,14-17H,7-11H2,1H3,(H,23,27). The molecule has 5 rings (SSSR count). The predicted octanol–water partition coefficient (Wildman–Crippen LogP) is 1.30. The SMILES string of the molecule is Cc1noc(CN2C(=O)C3CC4OCOC4CC3N(CC(=O)Nc3ccccc3)C2=O)n1. The van der Waals surface area contributed by atoms with Gasteiger partial charge >= 0.3 is 6.03 Å². The fraction of sp³-hybridized carbons (Fsp3) is 0.476. The van der Waals surface area contributed by atoms with Crippen LogP contribution in [0.15, 0.2) is 34.9 Å². The first kappa shape index (κ1) is 20.6. The van der Waals surface area contributed by atoms with Crippen molar-refractivity contribution in [1.29, 1.82) is 0 Å². The van der Waals surface area contributed by atoms with E-state index in [1.54, 1.807) is 19.1 Å². The lowest BCUT2D eigenvalue weighted by Crippen LogP contribution is -2.65. The molecule has 11 nitrogen and oxygen atoms in total. The molecule has 4 atom stereocenters. The van der Waals surface area contributed by atoms with Gasteiger partial charge in [0.05, 0.1) is 18.1 Å². The van der Waals surface area contributed by atoms with E-state index in [0.717, 1.165) is 4.90 Å². The summed E-state index contributed by atoms with van der Waals surface area (Å²) < 4.78 is 16.4. The molecule has 32 heavy (non-hydrogen) atoms. The molecule has 1 aromatic carbocycles. The van der Waals surface area contributed by atoms with Crippen molar-refractivity contribution in [2.75, 3.05) is 18.7 Å². The number of hydrogen-bond acceptors (Lipinski definition) is 8. The maximum atomic E-state index is 13.4. The second-order valence-electron chi connectivity index (χ2n) is 8.16. The molecule has 4 amide bonds. The molecule has 2 aliphatic heterocycles. The Morgan fingerprint density at radius 1 is 1.16 bits per heavy atom. The molecule has 2 aromatic rings. The number of nitrogens with one attached hydrogen (secondary N) is 1. The van der Waals surface area contributed by atoms with Gasteiger partial charge in [-0.25, -0.2) is 4.79 Å². The van der Waals surface area contributed by atoms with Gasteiger partial charge in [0.25, 0.3) is 0 Å². The number of aromatic nitrogens is 2. The highest BCUT2D eigenvalue weighted by atomic mass is 16.7. The number of ether oxygens (including phenoxy) is 2. The highest BCUT2D eigenvalue weighted by Gasteiger charge is 2.53. The molecule has 3 fully saturated rings. The minimum atomic E-state index is -0.562. The van der Waals surface area contributed by atoms with E-state index < -0.39 is 18.0 Å². The van der Waals surface area contributed by atoms with Crippen molar-refractivity contribution in [2.45, 2.75) is 44.6 Å². The van der Waals surface area contributed by atoms with Gasteiger partial charge < -0.3 is 24.2 Å². The Morgan fingerprint density at radius 3 is 2.62 bits per heavy atom. The number of urea groups is 1. The summed E-state index contributed by atoms with van der Waals surface area (Å²) in [5.41, 5.74) is 0.629. The van der Waals surface area contributed by atoms with Gasteiger partial charge in [-0.2, -0.15) is 4.98 Å². The molecular weight excluding hydrogens is 418 g/mol. The maximum absolute atomic E-state index is 13.4. The number of para-hydroxylation sites is 1. The van der Waals surface area contributed by atoms with Crippen molar-refractivity contribution >= 4 is 23.5 Å². The highest BCUT2D eigenvalue weighted by molar-refractivity contribution is 6.01. The number of hydrogen-bond donors (Lipinski definition) is 1. The summed E-state index contributed by atoms with van der Waals surface area (Å²) in [5.74, 6) is -0.623. The van der Waals surface area contributed by atoms with Crippen LogP contribution in [0.4, 0.5) is 10.5 Å². The number of nitrogens with zero attached hydrogens (tertiary/aromatic N) is 4. The zero-order chi connectivity index (χ0) is 22.2. The first-order valence-corrected chi connectivity index (χ1v) is 10.5. The Balaban J connectivity index is 1.39. The molecule has 1 saturated carbocycles. The van der Waals surface area contributed by atoms with E-state index in [2.05, 4.69) is 15.5 Å². The topological polar surface area (TPSA) is 127 Å². The van der Waals surface area contributed by atoms with Crippen LogP contribution >= 0.6 is 0 Å². The molecule has 1 N–H and O–H groups in total. The predicted molar refractivity (Wildman–Crippen MR) is 108 cm³/mol. The monoisotopic (exact) mass is 441 g/mol. The third-order valence-electron chi connectivity index (χ3n) is 6.10. The molecule has 2 saturated heterocycles. The van der Waals surface area contributed by atoms with E-state index in [1.165, 1.54) is 4.90 Å². The molecule has 11 heteroatoms. The third kappa shape index (κ3) is 3.84. The van der Waals surface area contributed by atoms with E-state index >= 15 is 0 Å². The van der Waals surface area contributed by atoms with Gasteiger partial charge in [-0.15, -0.1) is 0 Å². The Labute approximate surface area is 183 Å². The zero-order valence-corrected chi connectivity index (χ0v) is 17.5. The Morgan fingerprint density at radius 2 is 1.91 bits per heavy atom. The lowest BCUT2D eigenvalue weighted by Gasteiger charge is -2.48. The van der Waals surface area contributed by atoms with Crippen LogP contribution in [-0.4, -0.2) is 69.4 Å². The smallest absolute Gasteiger partial charge is 0.327 e. The number of imide groups is 1. The molecular formula is C21H23N5O6. The molecule has 168 valence electrons. The Hall–Kier alpha value is -3.31. The molecule has 4 unspecified atom stereocenters. The van der Waals surface area contributed by atoms with Gasteiger partial charge in [-0.05, 0) is 31.9 Å². The van der Waals surface area contributed by atoms with Gasteiger partial charge in [0, 0.05) is 11.7 Å². The van der Waals surface area contributed by atoms with Gasteiger partial charge in [-0.3, -0.25) is 14.5 Å². The average molecular weight is 441 g/mol. The number of fused-ring (bicyclic) bond motifs is 2. The van der Waals surface area contributed by atoms with Crippen molar-refractivity contribution in [3.63, 3.8) is 0 Å². The van der Waals surface area contributed by atoms with Crippen LogP contribution in [0.3, 0.4) is 0 Å². The number of benzene rings is 1. The molecule has 0 radical (unpaired) electrons. The maximum Gasteiger partial charge on any atom is 0.327 e. The van der Waals surface area contributed by atoms with E-state index in [0.29, 0.717) is 24.4 Å². The zero-order valence-electron chi connectivity index (χ0n) is 17.5. The Bertz CT molecular complexity index is 1030. The second-order valence-corrected chi connectivity index (χ2v) is 8.16. The fourth-order valence-corrected chi connectivity index (χ4v) is 4.63. The van der Waals surface area contributed by atoms with Crippen molar-refractivity contribution < 1.29 is 28.4 Å². The minimum Gasteiger partial charge on any atom is -0.349 e. The summed E-state index contributed by atoms with van der Waals surface area (Å²) in [4.78, 5) is 46.1. The Kier molecular flexibility index (Phi) is 5.35. The van der Waals surface area contributed by atoms with Gasteiger partial charge in [-0.1, -0.05) is 23.4 Å². The van der Waals surface area contributed by atoms with Crippen LogP contribution < -0.4 is 5.32 Å². The molecule has 3 aliphatic rings. The summed E-state index contributed by atoms with van der Waals surface area (Å²) in [6, 6.07) is 7.97. The lowest BCUT2D eigenvalue weighted by molar-refractivity contribution is -0.145. The van der Waals surface area contributed by atoms with Gasteiger partial charge in [0.1, 0.15) is 19.9 Å². The van der Waals surface area contributed by atoms with E-state index in [1.807, 2.05) is 18.2 Å². The highest BCUT2D eigenvalue weighted by Crippen LogP contribution is 2.39. The molecule has 0 spiro atoms. The van der Waals surface area contributed by atoms with E-state index in [4.69, 9.17) is 14.0 Å². The number of carbonyl (C=O) groups excluding carboxylic acids is 3. The first-order valence-electron chi connectivity index (χ1n) is 10.5. The van der Waals surface area contributed by atoms with Crippen LogP contribution in [-0.2, 0) is 25.6 Å². The summed E-state index contributed by atoms with van der Waals surface area (Å²) in [5, 5.41) is 6.52. The summed E-state index contributed by atoms with van der Waals surface area (Å²) in [6.07, 6.45) is 0.430. The lowest BCUT2D eigenvalue weighted by atomic mass is 9.78. The normalized spacial score (nSPS) is 27.3. The van der Waals surface area contributed by atoms with Crippen LogP contribution in [0, 0.1) is 12.8 Å². The van der Waals surface area contributed by atoms with Crippen LogP contribution in [0.25, 0.3) is 0 Å². The van der Waals surface area contributed by atoms with Crippen LogP contribution in [0.5, 0.6) is 0 Å². The number of amides is 4. The van der Waals surface area contributed by atoms with Crippen molar-refractivity contribution in [3.8, 4) is 0 Å². The number of aryl methyl sites for hydroxylation is 1. The third-order valence-corrected chi connectivity index (χ3v) is 6.10. The van der Waals surface area contributed by atoms with Crippen molar-refractivity contribution in [2.24, 2.45) is 5.92 Å². The molecule has 1 aromatic heterocycles. The van der Waals surface area contributed by atoms with Crippen molar-refractivity contribution in [3.05, 3.63) is 42.0 Å². The second kappa shape index (κ2) is 8.32. The first-order chi connectivity index (χ1) is 15.5. The number of rotatable bonds is 5. The van der Waals surface area contributed by atoms with Crippen molar-refractivity contribution in [1.82, 2.24) is 19.9 Å². The van der Waals surface area contributed by atoms with Crippen LogP contribution in [0.1, 0.15) is 24.6 Å². The quantitative estimate of drug-likeness (QED) is 0.736. The van der Waals surface area contributed by atoms with E-state index in [-0.39, 0.29) is 49.8 Å². The fourth-order valence-electron chi connectivity index (χ4n) is 4.63. The van der Waals surface area contributed by atoms with Gasteiger partial charge in [0.15, 0.2) is 5.82 Å².